The summed E-state index contributed by atoms with van der Waals surface area (Å²) in [6, 6.07) is 0. The van der Waals surface area contributed by atoms with Crippen LogP contribution in [0.3, 0.4) is 0 Å². The number of phosphoric ester groups is 2. The van der Waals surface area contributed by atoms with Gasteiger partial charge in [-0.2, -0.15) is 0 Å². The Morgan fingerprint density at radius 2 is 1.36 bits per heavy atom. The van der Waals surface area contributed by atoms with Gasteiger partial charge >= 0.3 is 27.6 Å². The van der Waals surface area contributed by atoms with Crippen molar-refractivity contribution in [3.63, 3.8) is 0 Å². The number of phosphoric acid groups is 2. The number of carbonyl (C=O) groups excluding carboxylic acids is 3. The smallest absolute Gasteiger partial charge is 0.462 e. The molecule has 9 N–H and O–H groups in total. The molecule has 19 nitrogen and oxygen atoms in total. The number of rotatable bonds is 26. The van der Waals surface area contributed by atoms with Crippen molar-refractivity contribution in [3.8, 4) is 0 Å². The van der Waals surface area contributed by atoms with Crippen molar-refractivity contribution in [2.24, 2.45) is 11.8 Å². The van der Waals surface area contributed by atoms with Crippen LogP contribution >= 0.6 is 15.6 Å². The molecule has 0 amide bonds. The summed E-state index contributed by atoms with van der Waals surface area (Å²) in [7, 11) is -11.5. The topological polar surface area (TPSA) is 314 Å². The lowest BCUT2D eigenvalue weighted by Gasteiger charge is -2.38. The molecule has 1 saturated carbocycles. The van der Waals surface area contributed by atoms with Gasteiger partial charge in [-0.25, -0.2) is 9.13 Å². The first-order chi connectivity index (χ1) is 33.3. The fraction of sp³-hybridized carbons (Fsp3) is 0.857. The minimum absolute atomic E-state index is 0.0330. The molecule has 1 aliphatic carbocycles. The summed E-state index contributed by atoms with van der Waals surface area (Å²) in [5, 5.41) is 68.2. The van der Waals surface area contributed by atoms with Gasteiger partial charge in [-0.3, -0.25) is 28.0 Å². The van der Waals surface area contributed by atoms with E-state index in [-0.39, 0.29) is 32.1 Å². The molecule has 2 rings (SSSR count). The Balaban J connectivity index is 2.27. The van der Waals surface area contributed by atoms with E-state index in [2.05, 4.69) is 19.1 Å². The van der Waals surface area contributed by atoms with Crippen LogP contribution in [0.1, 0.15) is 187 Å². The van der Waals surface area contributed by atoms with Gasteiger partial charge in [0.2, 0.25) is 0 Å². The average Bonchev–Trinajstić information content (AvgIpc) is 3.30. The number of esters is 2. The zero-order valence-electron chi connectivity index (χ0n) is 41.7. The molecular weight excluding hydrogens is 954 g/mol. The SMILES string of the molecule is CCCCCCCC/C=C\CCCCCCCCCC(=O)O[C@@H]1COC(=O)CCCCCC[C@@H]2[C@@H](O)[C@H](O)[C@@H](O)[C@H](OP(=O)(O)OC1)[C@H](OP(=O)(O)O)[C@H](O)[C@@H](/C=C/[C@@H](O)CCCCC)C(=O)C[C@@H]2O. The van der Waals surface area contributed by atoms with Crippen molar-refractivity contribution in [3.05, 3.63) is 24.3 Å². The van der Waals surface area contributed by atoms with Crippen LogP contribution in [0.25, 0.3) is 0 Å². The lowest BCUT2D eigenvalue weighted by Crippen LogP contribution is -2.56. The summed E-state index contributed by atoms with van der Waals surface area (Å²) in [6.07, 6.45) is 6.54. The highest BCUT2D eigenvalue weighted by Crippen LogP contribution is 2.49. The normalized spacial score (nSPS) is 30.2. The molecule has 0 aromatic carbocycles. The van der Waals surface area contributed by atoms with Gasteiger partial charge < -0.3 is 54.8 Å². The number of carbonyl (C=O) groups is 3. The largest absolute Gasteiger partial charge is 0.472 e. The fourth-order valence-electron chi connectivity index (χ4n) is 8.77. The summed E-state index contributed by atoms with van der Waals surface area (Å²) in [5.74, 6) is -5.64. The fourth-order valence-corrected chi connectivity index (χ4v) is 10.3. The van der Waals surface area contributed by atoms with Gasteiger partial charge in [0.05, 0.1) is 36.9 Å². The number of ketones is 1. The van der Waals surface area contributed by atoms with Crippen LogP contribution < -0.4 is 0 Å². The number of cyclic esters (lactones) is 1. The van der Waals surface area contributed by atoms with Gasteiger partial charge in [0.15, 0.2) is 6.10 Å². The van der Waals surface area contributed by atoms with Crippen molar-refractivity contribution in [2.45, 2.75) is 242 Å². The van der Waals surface area contributed by atoms with Crippen molar-refractivity contribution in [2.75, 3.05) is 13.2 Å². The number of allylic oxidation sites excluding steroid dienone is 2. The highest BCUT2D eigenvalue weighted by Gasteiger charge is 2.51. The van der Waals surface area contributed by atoms with Crippen LogP contribution in [0.4, 0.5) is 0 Å². The molecule has 1 aliphatic heterocycles. The quantitative estimate of drug-likeness (QED) is 0.0180. The molecule has 21 heteroatoms. The summed E-state index contributed by atoms with van der Waals surface area (Å²) >= 11 is 0. The van der Waals surface area contributed by atoms with Gasteiger partial charge in [0.25, 0.3) is 0 Å². The summed E-state index contributed by atoms with van der Waals surface area (Å²) in [4.78, 5) is 70.8. The predicted octanol–water partition coefficient (Wildman–Crippen LogP) is 7.10. The monoisotopic (exact) mass is 1040 g/mol. The second-order valence-electron chi connectivity index (χ2n) is 19.0. The molecule has 70 heavy (non-hydrogen) atoms. The number of unbranched alkanes of at least 4 members (excludes halogenated alkanes) is 15. The number of ether oxygens (including phenoxy) is 2. The van der Waals surface area contributed by atoms with E-state index in [1.54, 1.807) is 0 Å². The van der Waals surface area contributed by atoms with E-state index in [1.807, 2.05) is 6.92 Å². The van der Waals surface area contributed by atoms with E-state index < -0.39 is 120 Å². The van der Waals surface area contributed by atoms with Crippen LogP contribution in [0.5, 0.6) is 0 Å². The third kappa shape index (κ3) is 27.4. The van der Waals surface area contributed by atoms with E-state index in [0.717, 1.165) is 76.4 Å². The lowest BCUT2D eigenvalue weighted by atomic mass is 9.82. The lowest BCUT2D eigenvalue weighted by molar-refractivity contribution is -0.165. The third-order valence-electron chi connectivity index (χ3n) is 12.9. The Hall–Kier alpha value is -1.93. The van der Waals surface area contributed by atoms with Gasteiger partial charge in [0.1, 0.15) is 36.8 Å². The third-order valence-corrected chi connectivity index (χ3v) is 14.4. The molecule has 0 aromatic rings. The molecule has 2 aliphatic rings. The molecule has 0 spiro atoms. The van der Waals surface area contributed by atoms with Gasteiger partial charge in [-0.05, 0) is 51.4 Å². The van der Waals surface area contributed by atoms with E-state index in [1.165, 1.54) is 38.5 Å². The van der Waals surface area contributed by atoms with E-state index in [4.69, 9.17) is 23.0 Å². The number of hydrogen-bond acceptors (Lipinski definition) is 16. The van der Waals surface area contributed by atoms with Crippen molar-refractivity contribution >= 4 is 33.4 Å². The Morgan fingerprint density at radius 1 is 0.771 bits per heavy atom. The highest BCUT2D eigenvalue weighted by molar-refractivity contribution is 7.47. The van der Waals surface area contributed by atoms with Crippen LogP contribution in [-0.4, -0.2) is 131 Å². The maximum absolute atomic E-state index is 14.0. The van der Waals surface area contributed by atoms with Crippen molar-refractivity contribution < 1.29 is 91.9 Å². The number of Topliss-reactive ketones (excluding diaryl/α,β-unsaturated/α-hetero) is 1. The first-order valence-electron chi connectivity index (χ1n) is 26.0. The van der Waals surface area contributed by atoms with Crippen LogP contribution in [-0.2, 0) is 46.6 Å². The molecular formula is C49H88O19P2. The number of hydrogen-bond donors (Lipinski definition) is 9. The van der Waals surface area contributed by atoms with Crippen LogP contribution in [0.15, 0.2) is 24.3 Å². The van der Waals surface area contributed by atoms with Gasteiger partial charge in [-0.15, -0.1) is 0 Å². The Bertz CT molecular complexity index is 1610. The van der Waals surface area contributed by atoms with Crippen LogP contribution in [0.2, 0.25) is 0 Å². The summed E-state index contributed by atoms with van der Waals surface area (Å²) < 4.78 is 52.3. The maximum Gasteiger partial charge on any atom is 0.472 e. The van der Waals surface area contributed by atoms with Gasteiger partial charge in [-0.1, -0.05) is 141 Å². The molecule has 2 fully saturated rings. The molecule has 1 saturated heterocycles. The summed E-state index contributed by atoms with van der Waals surface area (Å²) in [5.41, 5.74) is 0. The minimum Gasteiger partial charge on any atom is -0.462 e. The first-order valence-corrected chi connectivity index (χ1v) is 29.0. The predicted molar refractivity (Wildman–Crippen MR) is 261 cm³/mol. The molecule has 0 radical (unpaired) electrons. The van der Waals surface area contributed by atoms with E-state index in [0.29, 0.717) is 32.1 Å². The number of aliphatic hydroxyl groups is 6. The van der Waals surface area contributed by atoms with E-state index in [9.17, 15) is 68.8 Å². The maximum atomic E-state index is 14.0. The zero-order chi connectivity index (χ0) is 52.0. The first kappa shape index (κ1) is 64.2. The van der Waals surface area contributed by atoms with E-state index >= 15 is 0 Å². The van der Waals surface area contributed by atoms with Gasteiger partial charge in [0, 0.05) is 25.2 Å². The second-order valence-corrected chi connectivity index (χ2v) is 21.6. The Morgan fingerprint density at radius 3 is 1.99 bits per heavy atom. The average molecular weight is 1040 g/mol. The molecule has 408 valence electrons. The highest BCUT2D eigenvalue weighted by atomic mass is 31.2. The molecule has 1 unspecified atom stereocenters. The minimum atomic E-state index is -5.79. The zero-order valence-corrected chi connectivity index (χ0v) is 43.5. The molecule has 1 heterocycles. The summed E-state index contributed by atoms with van der Waals surface area (Å²) in [6.45, 7) is 2.57. The Labute approximate surface area is 415 Å². The number of fused-ring (bicyclic) bond motifs is 4. The van der Waals surface area contributed by atoms with Crippen molar-refractivity contribution in [1.29, 1.82) is 0 Å². The molecule has 0 aromatic heterocycles. The molecule has 2 bridgehead atoms. The second kappa shape index (κ2) is 36.1. The Kier molecular flexibility index (Phi) is 33.1. The molecule has 12 atom stereocenters. The van der Waals surface area contributed by atoms with Crippen LogP contribution in [0, 0.1) is 11.8 Å². The number of aliphatic hydroxyl groups excluding tert-OH is 6. The van der Waals surface area contributed by atoms with Crippen molar-refractivity contribution in [1.82, 2.24) is 0 Å². The standard InChI is InChI=1S/C49H88O19P2/c1-3-5-7-8-9-10-11-12-13-14-15-16-17-18-19-20-26-30-43(54)66-37-34-64-42(53)29-25-22-21-24-28-38-40(51)33-41(52)39(32-31-36(50)27-23-6-4-2)45(56)48(67-69(59,60)61)49(47(58)46(57)44(38)55)68-70(62,63)65-35-37/h12-13,31-32,36-40,44-51,55-58H,3-11,14-30,33-35H2,1-2H3,(H,62,63)(H2,59,60,61)/b13-12-,32-31+/t36-,37+,38-,39-,40-,44+,45+,46-,47+,48+,49-/m0/s1.